The van der Waals surface area contributed by atoms with Crippen LogP contribution in [0.4, 0.5) is 9.93 Å². The number of fused-ring (bicyclic) bond motifs is 1. The Kier molecular flexibility index (Phi) is 7.79. The summed E-state index contributed by atoms with van der Waals surface area (Å²) in [5.41, 5.74) is 0.720. The summed E-state index contributed by atoms with van der Waals surface area (Å²) in [5, 5.41) is 5.18. The highest BCUT2D eigenvalue weighted by molar-refractivity contribution is 7.91. The summed E-state index contributed by atoms with van der Waals surface area (Å²) in [6.07, 6.45) is 0.537. The number of ether oxygens (including phenoxy) is 1. The Morgan fingerprint density at radius 3 is 2.68 bits per heavy atom. The van der Waals surface area contributed by atoms with E-state index in [4.69, 9.17) is 16.3 Å². The Hall–Kier alpha value is -2.57. The lowest BCUT2D eigenvalue weighted by Crippen LogP contribution is -2.37. The van der Waals surface area contributed by atoms with E-state index in [-0.39, 0.29) is 26.4 Å². The van der Waals surface area contributed by atoms with E-state index >= 15 is 0 Å². The molecule has 0 bridgehead atoms. The smallest absolute Gasteiger partial charge is 0.327 e. The third kappa shape index (κ3) is 6.10. The molecule has 0 saturated carbocycles. The minimum atomic E-state index is -3.45. The zero-order chi connectivity index (χ0) is 24.1. The van der Waals surface area contributed by atoms with Gasteiger partial charge in [-0.3, -0.25) is 20.3 Å². The predicted molar refractivity (Wildman–Crippen MR) is 131 cm³/mol. The Bertz CT molecular complexity index is 1310. The summed E-state index contributed by atoms with van der Waals surface area (Å²) >= 11 is 7.10. The van der Waals surface area contributed by atoms with Crippen molar-refractivity contribution in [3.63, 3.8) is 0 Å². The molecule has 2 N–H and O–H groups in total. The summed E-state index contributed by atoms with van der Waals surface area (Å²) in [5.74, 6) is -0.596. The predicted octanol–water partition coefficient (Wildman–Crippen LogP) is 3.41. The number of halogens is 1. The average molecular weight is 523 g/mol. The summed E-state index contributed by atoms with van der Waals surface area (Å²) in [7, 11) is -3.45. The van der Waals surface area contributed by atoms with Crippen LogP contribution >= 0.6 is 22.9 Å². The van der Waals surface area contributed by atoms with Gasteiger partial charge in [-0.1, -0.05) is 35.1 Å². The van der Waals surface area contributed by atoms with Crippen molar-refractivity contribution in [2.75, 3.05) is 43.9 Å². The van der Waals surface area contributed by atoms with Gasteiger partial charge in [-0.15, -0.1) is 0 Å². The van der Waals surface area contributed by atoms with Crippen molar-refractivity contribution in [2.24, 2.45) is 0 Å². The van der Waals surface area contributed by atoms with Crippen LogP contribution < -0.4 is 10.6 Å². The molecule has 2 heterocycles. The van der Waals surface area contributed by atoms with Gasteiger partial charge >= 0.3 is 6.03 Å². The summed E-state index contributed by atoms with van der Waals surface area (Å²) in [4.78, 5) is 31.2. The molecule has 0 aliphatic carbocycles. The van der Waals surface area contributed by atoms with Crippen LogP contribution in [0.3, 0.4) is 0 Å². The number of sulfone groups is 1. The first-order valence-electron chi connectivity index (χ1n) is 10.6. The van der Waals surface area contributed by atoms with Crippen LogP contribution in [0.1, 0.15) is 16.8 Å². The second-order valence-corrected chi connectivity index (χ2v) is 11.2. The van der Waals surface area contributed by atoms with Gasteiger partial charge in [0.15, 0.2) is 15.0 Å². The lowest BCUT2D eigenvalue weighted by molar-refractivity contribution is 0.0381. The monoisotopic (exact) mass is 522 g/mol. The number of carbonyl (C=O) groups is 2. The number of hydrogen-bond acceptors (Lipinski definition) is 8. The first-order chi connectivity index (χ1) is 16.3. The number of urea groups is 1. The zero-order valence-electron chi connectivity index (χ0n) is 18.1. The SMILES string of the molecule is O=C(NC(=O)c1ccccc1Cl)Nc1nc2ccc(S(=O)(=O)CCCN3CCOCC3)cc2s1. The van der Waals surface area contributed by atoms with E-state index < -0.39 is 21.8 Å². The number of nitrogens with one attached hydrogen (secondary N) is 2. The van der Waals surface area contributed by atoms with E-state index in [0.29, 0.717) is 36.4 Å². The van der Waals surface area contributed by atoms with E-state index in [9.17, 15) is 18.0 Å². The maximum absolute atomic E-state index is 12.8. The molecule has 0 radical (unpaired) electrons. The lowest BCUT2D eigenvalue weighted by atomic mass is 10.2. The molecule has 1 aliphatic rings. The fourth-order valence-electron chi connectivity index (χ4n) is 3.52. The molecule has 0 unspecified atom stereocenters. The highest BCUT2D eigenvalue weighted by Crippen LogP contribution is 2.28. The molecule has 9 nitrogen and oxygen atoms in total. The van der Waals surface area contributed by atoms with Crippen LogP contribution in [0.2, 0.25) is 5.02 Å². The zero-order valence-corrected chi connectivity index (χ0v) is 20.5. The minimum absolute atomic E-state index is 0.0480. The third-order valence-corrected chi connectivity index (χ3v) is 8.34. The summed E-state index contributed by atoms with van der Waals surface area (Å²) < 4.78 is 31.5. The van der Waals surface area contributed by atoms with Crippen molar-refractivity contribution < 1.29 is 22.7 Å². The van der Waals surface area contributed by atoms with Crippen molar-refractivity contribution in [3.8, 4) is 0 Å². The van der Waals surface area contributed by atoms with Crippen LogP contribution in [-0.2, 0) is 14.6 Å². The maximum Gasteiger partial charge on any atom is 0.327 e. The molecule has 3 aromatic rings. The first kappa shape index (κ1) is 24.6. The van der Waals surface area contributed by atoms with Crippen LogP contribution in [-0.4, -0.2) is 68.8 Å². The van der Waals surface area contributed by atoms with Crippen molar-refractivity contribution in [1.29, 1.82) is 0 Å². The highest BCUT2D eigenvalue weighted by Gasteiger charge is 2.19. The number of imide groups is 1. The van der Waals surface area contributed by atoms with Gasteiger partial charge in [-0.25, -0.2) is 18.2 Å². The largest absolute Gasteiger partial charge is 0.379 e. The van der Waals surface area contributed by atoms with Crippen LogP contribution in [0, 0.1) is 0 Å². The molecule has 0 atom stereocenters. The molecule has 4 rings (SSSR count). The van der Waals surface area contributed by atoms with Gasteiger partial charge in [0, 0.05) is 13.1 Å². The molecule has 1 saturated heterocycles. The van der Waals surface area contributed by atoms with Crippen molar-refractivity contribution in [1.82, 2.24) is 15.2 Å². The standard InChI is InChI=1S/C22H23ClN4O5S2/c23-17-5-2-1-4-16(17)20(28)25-21(29)26-22-24-18-7-6-15(14-19(18)33-22)34(30,31)13-3-8-27-9-11-32-12-10-27/h1-2,4-7,14H,3,8-13H2,(H2,24,25,26,28,29). The number of anilines is 1. The lowest BCUT2D eigenvalue weighted by Gasteiger charge is -2.26. The van der Waals surface area contributed by atoms with Gasteiger partial charge in [-0.2, -0.15) is 0 Å². The van der Waals surface area contributed by atoms with Gasteiger partial charge < -0.3 is 4.74 Å². The number of morpholine rings is 1. The Morgan fingerprint density at radius 2 is 1.91 bits per heavy atom. The summed E-state index contributed by atoms with van der Waals surface area (Å²) in [6, 6.07) is 10.3. The molecule has 34 heavy (non-hydrogen) atoms. The van der Waals surface area contributed by atoms with Gasteiger partial charge in [-0.05, 0) is 43.3 Å². The molecular weight excluding hydrogens is 500 g/mol. The normalized spacial score (nSPS) is 14.7. The minimum Gasteiger partial charge on any atom is -0.379 e. The maximum atomic E-state index is 12.8. The molecule has 0 spiro atoms. The van der Waals surface area contributed by atoms with Gasteiger partial charge in [0.2, 0.25) is 0 Å². The van der Waals surface area contributed by atoms with Gasteiger partial charge in [0.25, 0.3) is 5.91 Å². The Balaban J connectivity index is 1.37. The van der Waals surface area contributed by atoms with E-state index in [1.807, 2.05) is 0 Å². The van der Waals surface area contributed by atoms with E-state index in [0.717, 1.165) is 24.4 Å². The van der Waals surface area contributed by atoms with E-state index in [1.165, 1.54) is 12.1 Å². The Labute approximate surface area is 206 Å². The molecule has 1 aromatic heterocycles. The fraction of sp³-hybridized carbons (Fsp3) is 0.318. The number of aromatic nitrogens is 1. The average Bonchev–Trinajstić information content (AvgIpc) is 3.21. The first-order valence-corrected chi connectivity index (χ1v) is 13.5. The number of nitrogens with zero attached hydrogens (tertiary/aromatic N) is 2. The number of carbonyl (C=O) groups excluding carboxylic acids is 2. The Morgan fingerprint density at radius 1 is 1.15 bits per heavy atom. The highest BCUT2D eigenvalue weighted by atomic mass is 35.5. The van der Waals surface area contributed by atoms with Crippen molar-refractivity contribution >= 4 is 60.1 Å². The molecule has 3 amide bonds. The second-order valence-electron chi connectivity index (χ2n) is 7.66. The third-order valence-electron chi connectivity index (χ3n) is 5.28. The number of benzene rings is 2. The molecule has 1 aliphatic heterocycles. The van der Waals surface area contributed by atoms with E-state index in [2.05, 4.69) is 20.5 Å². The second kappa shape index (κ2) is 10.8. The molecule has 1 fully saturated rings. The van der Waals surface area contributed by atoms with Crippen LogP contribution in [0.25, 0.3) is 10.2 Å². The molecule has 180 valence electrons. The topological polar surface area (TPSA) is 118 Å². The van der Waals surface area contributed by atoms with Crippen molar-refractivity contribution in [2.45, 2.75) is 11.3 Å². The molecule has 12 heteroatoms. The summed E-state index contributed by atoms with van der Waals surface area (Å²) in [6.45, 7) is 3.70. The quantitative estimate of drug-likeness (QED) is 0.488. The molecule has 2 aromatic carbocycles. The fourth-order valence-corrected chi connectivity index (χ4v) is 6.03. The van der Waals surface area contributed by atoms with Gasteiger partial charge in [0.05, 0.1) is 44.7 Å². The van der Waals surface area contributed by atoms with Gasteiger partial charge in [0.1, 0.15) is 0 Å². The number of rotatable bonds is 7. The van der Waals surface area contributed by atoms with Crippen molar-refractivity contribution in [3.05, 3.63) is 53.1 Å². The number of hydrogen-bond donors (Lipinski definition) is 2. The number of amides is 3. The van der Waals surface area contributed by atoms with E-state index in [1.54, 1.807) is 30.3 Å². The van der Waals surface area contributed by atoms with Crippen LogP contribution in [0.15, 0.2) is 47.4 Å². The number of thiazole rings is 1. The molecular formula is C22H23ClN4O5S2. The van der Waals surface area contributed by atoms with Crippen LogP contribution in [0.5, 0.6) is 0 Å².